The number of hydrogen-bond acceptors (Lipinski definition) is 3. The van der Waals surface area contributed by atoms with Crippen LogP contribution in [-0.2, 0) is 10.0 Å². The molecule has 0 spiro atoms. The topological polar surface area (TPSA) is 49.4 Å². The van der Waals surface area contributed by atoms with Gasteiger partial charge in [0.2, 0.25) is 10.0 Å². The first-order valence-corrected chi connectivity index (χ1v) is 7.51. The second kappa shape index (κ2) is 6.80. The van der Waals surface area contributed by atoms with E-state index in [-0.39, 0.29) is 18.4 Å². The number of hydrogen-bond donors (Lipinski definition) is 1. The van der Waals surface area contributed by atoms with Gasteiger partial charge in [-0.2, -0.15) is 4.31 Å². The van der Waals surface area contributed by atoms with Crippen molar-refractivity contribution in [1.29, 1.82) is 0 Å². The zero-order valence-electron chi connectivity index (χ0n) is 11.0. The Kier molecular flexibility index (Phi) is 5.88. The van der Waals surface area contributed by atoms with E-state index in [0.29, 0.717) is 25.9 Å². The lowest BCUT2D eigenvalue weighted by atomic mass is 10.1. The van der Waals surface area contributed by atoms with E-state index in [1.54, 1.807) is 0 Å². The van der Waals surface area contributed by atoms with Crippen LogP contribution < -0.4 is 5.32 Å². The summed E-state index contributed by atoms with van der Waals surface area (Å²) in [7, 11) is -2.77. The maximum Gasteiger partial charge on any atom is 0.248 e. The number of benzene rings is 1. The molecule has 1 heterocycles. The minimum atomic E-state index is -4.14. The molecule has 1 aliphatic heterocycles. The lowest BCUT2D eigenvalue weighted by Crippen LogP contribution is -2.44. The van der Waals surface area contributed by atoms with Crippen molar-refractivity contribution < 1.29 is 17.2 Å². The van der Waals surface area contributed by atoms with Crippen LogP contribution in [0.5, 0.6) is 0 Å². The molecule has 0 atom stereocenters. The summed E-state index contributed by atoms with van der Waals surface area (Å²) < 4.78 is 52.9. The Balaban J connectivity index is 0.00000200. The van der Waals surface area contributed by atoms with Crippen LogP contribution in [0, 0.1) is 11.6 Å². The SMILES string of the molecule is CN(C1CCNCC1)S(=O)(=O)c1c(F)cccc1F.Cl. The summed E-state index contributed by atoms with van der Waals surface area (Å²) in [6.07, 6.45) is 1.26. The van der Waals surface area contributed by atoms with Crippen molar-refractivity contribution in [2.24, 2.45) is 0 Å². The normalized spacial score (nSPS) is 17.0. The van der Waals surface area contributed by atoms with Gasteiger partial charge in [-0.15, -0.1) is 12.4 Å². The molecule has 1 aliphatic rings. The number of nitrogens with one attached hydrogen (secondary N) is 1. The number of rotatable bonds is 3. The highest BCUT2D eigenvalue weighted by molar-refractivity contribution is 7.89. The number of sulfonamides is 1. The van der Waals surface area contributed by atoms with Crippen LogP contribution in [0.25, 0.3) is 0 Å². The summed E-state index contributed by atoms with van der Waals surface area (Å²) in [5.41, 5.74) is 0. The van der Waals surface area contributed by atoms with E-state index < -0.39 is 26.6 Å². The smallest absolute Gasteiger partial charge is 0.248 e. The summed E-state index contributed by atoms with van der Waals surface area (Å²) in [5.74, 6) is -2.11. The van der Waals surface area contributed by atoms with E-state index in [2.05, 4.69) is 5.32 Å². The van der Waals surface area contributed by atoms with E-state index in [1.807, 2.05) is 0 Å². The van der Waals surface area contributed by atoms with Crippen LogP contribution in [0.1, 0.15) is 12.8 Å². The fourth-order valence-electron chi connectivity index (χ4n) is 2.24. The summed E-state index contributed by atoms with van der Waals surface area (Å²) in [4.78, 5) is -0.865. The Bertz CT molecular complexity index is 542. The van der Waals surface area contributed by atoms with Crippen LogP contribution in [0.15, 0.2) is 23.1 Å². The van der Waals surface area contributed by atoms with Gasteiger partial charge in [-0.1, -0.05) is 6.07 Å². The van der Waals surface area contributed by atoms with Crippen LogP contribution >= 0.6 is 12.4 Å². The Morgan fingerprint density at radius 2 is 1.70 bits per heavy atom. The molecule has 1 aromatic carbocycles. The van der Waals surface area contributed by atoms with E-state index >= 15 is 0 Å². The number of halogens is 3. The van der Waals surface area contributed by atoms with Gasteiger partial charge >= 0.3 is 0 Å². The van der Waals surface area contributed by atoms with Crippen molar-refractivity contribution in [1.82, 2.24) is 9.62 Å². The third-order valence-corrected chi connectivity index (χ3v) is 5.34. The average molecular weight is 327 g/mol. The molecular weight excluding hydrogens is 310 g/mol. The molecule has 2 rings (SSSR count). The van der Waals surface area contributed by atoms with Crippen molar-refractivity contribution in [3.05, 3.63) is 29.8 Å². The van der Waals surface area contributed by atoms with Gasteiger partial charge in [-0.3, -0.25) is 0 Å². The maximum absolute atomic E-state index is 13.6. The second-order valence-corrected chi connectivity index (χ2v) is 6.49. The van der Waals surface area contributed by atoms with Crippen LogP contribution in [-0.4, -0.2) is 38.9 Å². The molecule has 1 saturated heterocycles. The second-order valence-electron chi connectivity index (χ2n) is 4.55. The van der Waals surface area contributed by atoms with Gasteiger partial charge in [0.05, 0.1) is 0 Å². The highest BCUT2D eigenvalue weighted by Crippen LogP contribution is 2.25. The molecule has 0 aliphatic carbocycles. The summed E-state index contributed by atoms with van der Waals surface area (Å²) in [6.45, 7) is 1.40. The van der Waals surface area contributed by atoms with E-state index in [0.717, 1.165) is 22.5 Å². The van der Waals surface area contributed by atoms with E-state index in [9.17, 15) is 17.2 Å². The Morgan fingerprint density at radius 1 is 1.20 bits per heavy atom. The maximum atomic E-state index is 13.6. The predicted octanol–water partition coefficient (Wildman–Crippen LogP) is 1.76. The van der Waals surface area contributed by atoms with Crippen molar-refractivity contribution in [2.45, 2.75) is 23.8 Å². The van der Waals surface area contributed by atoms with Crippen LogP contribution in [0.4, 0.5) is 8.78 Å². The predicted molar refractivity (Wildman–Crippen MR) is 74.4 cm³/mol. The molecule has 8 heteroatoms. The van der Waals surface area contributed by atoms with Gasteiger partial charge in [0.25, 0.3) is 0 Å². The van der Waals surface area contributed by atoms with Gasteiger partial charge in [0, 0.05) is 13.1 Å². The highest BCUT2D eigenvalue weighted by Gasteiger charge is 2.33. The van der Waals surface area contributed by atoms with Crippen molar-refractivity contribution in [3.63, 3.8) is 0 Å². The first-order chi connectivity index (χ1) is 8.94. The Hall–Kier alpha value is -0.760. The Labute approximate surface area is 123 Å². The third-order valence-electron chi connectivity index (χ3n) is 3.38. The molecule has 1 aromatic rings. The third kappa shape index (κ3) is 3.28. The molecule has 114 valence electrons. The fraction of sp³-hybridized carbons (Fsp3) is 0.500. The fourth-order valence-corrected chi connectivity index (χ4v) is 3.76. The van der Waals surface area contributed by atoms with Gasteiger partial charge in [0.15, 0.2) is 4.90 Å². The first kappa shape index (κ1) is 17.3. The average Bonchev–Trinajstić information content (AvgIpc) is 2.38. The molecule has 1 fully saturated rings. The minimum Gasteiger partial charge on any atom is -0.317 e. The van der Waals surface area contributed by atoms with Crippen LogP contribution in [0.3, 0.4) is 0 Å². The van der Waals surface area contributed by atoms with E-state index in [1.165, 1.54) is 7.05 Å². The zero-order chi connectivity index (χ0) is 14.0. The molecule has 0 radical (unpaired) electrons. The summed E-state index contributed by atoms with van der Waals surface area (Å²) >= 11 is 0. The first-order valence-electron chi connectivity index (χ1n) is 6.07. The molecule has 0 saturated carbocycles. The van der Waals surface area contributed by atoms with Gasteiger partial charge in [-0.05, 0) is 38.1 Å². The quantitative estimate of drug-likeness (QED) is 0.921. The highest BCUT2D eigenvalue weighted by atomic mass is 35.5. The summed E-state index contributed by atoms with van der Waals surface area (Å²) in [5, 5.41) is 3.11. The molecule has 4 nitrogen and oxygen atoms in total. The number of piperidine rings is 1. The monoisotopic (exact) mass is 326 g/mol. The summed E-state index contributed by atoms with van der Waals surface area (Å²) in [6, 6.07) is 2.82. The van der Waals surface area contributed by atoms with Crippen molar-refractivity contribution >= 4 is 22.4 Å². The molecule has 0 bridgehead atoms. The number of nitrogens with zero attached hydrogens (tertiary/aromatic N) is 1. The van der Waals surface area contributed by atoms with Crippen molar-refractivity contribution in [3.8, 4) is 0 Å². The molecule has 1 N–H and O–H groups in total. The molecule has 20 heavy (non-hydrogen) atoms. The van der Waals surface area contributed by atoms with E-state index in [4.69, 9.17) is 0 Å². The van der Waals surface area contributed by atoms with Crippen molar-refractivity contribution in [2.75, 3.05) is 20.1 Å². The molecule has 0 aromatic heterocycles. The Morgan fingerprint density at radius 3 is 2.20 bits per heavy atom. The van der Waals surface area contributed by atoms with Gasteiger partial charge in [-0.25, -0.2) is 17.2 Å². The largest absolute Gasteiger partial charge is 0.317 e. The molecule has 0 unspecified atom stereocenters. The van der Waals surface area contributed by atoms with Crippen LogP contribution in [0.2, 0.25) is 0 Å². The minimum absolute atomic E-state index is 0. The van der Waals surface area contributed by atoms with Gasteiger partial charge in [0.1, 0.15) is 11.6 Å². The molecular formula is C12H17ClF2N2O2S. The lowest BCUT2D eigenvalue weighted by molar-refractivity contribution is 0.294. The standard InChI is InChI=1S/C12H16F2N2O2S.ClH/c1-16(9-5-7-15-8-6-9)19(17,18)12-10(13)3-2-4-11(12)14;/h2-4,9,15H,5-8H2,1H3;1H. The zero-order valence-corrected chi connectivity index (χ0v) is 12.6. The molecule has 0 amide bonds. The lowest BCUT2D eigenvalue weighted by Gasteiger charge is -2.30. The van der Waals surface area contributed by atoms with Gasteiger partial charge < -0.3 is 5.32 Å².